The Hall–Kier alpha value is -0.350. The van der Waals surface area contributed by atoms with E-state index in [1.807, 2.05) is 0 Å². The zero-order chi connectivity index (χ0) is 13.8. The van der Waals surface area contributed by atoms with E-state index in [0.29, 0.717) is 21.5 Å². The van der Waals surface area contributed by atoms with Gasteiger partial charge in [0, 0.05) is 17.6 Å². The van der Waals surface area contributed by atoms with Gasteiger partial charge < -0.3 is 14.4 Å². The van der Waals surface area contributed by atoms with E-state index in [0.717, 1.165) is 32.4 Å². The summed E-state index contributed by atoms with van der Waals surface area (Å²) in [5.41, 5.74) is 0. The summed E-state index contributed by atoms with van der Waals surface area (Å²) in [5.74, 6) is 1.19. The van der Waals surface area contributed by atoms with Gasteiger partial charge in [0.1, 0.15) is 6.10 Å². The number of hydrogen-bond acceptors (Lipinski definition) is 3. The number of methoxy groups -OCH3 is 1. The van der Waals surface area contributed by atoms with Gasteiger partial charge in [-0.15, -0.1) is 12.4 Å². The molecule has 1 aliphatic rings. The maximum absolute atomic E-state index is 6.11. The second-order valence-corrected chi connectivity index (χ2v) is 5.74. The van der Waals surface area contributed by atoms with Crippen molar-refractivity contribution in [3.63, 3.8) is 0 Å². The summed E-state index contributed by atoms with van der Waals surface area (Å²) < 4.78 is 11.3. The fourth-order valence-corrected chi connectivity index (χ4v) is 2.88. The molecule has 1 heterocycles. The maximum Gasteiger partial charge on any atom is 0.179 e. The van der Waals surface area contributed by atoms with E-state index in [1.165, 1.54) is 0 Å². The monoisotopic (exact) mass is 339 g/mol. The highest BCUT2D eigenvalue weighted by Crippen LogP contribution is 2.39. The first-order valence-corrected chi connectivity index (χ1v) is 7.24. The smallest absolute Gasteiger partial charge is 0.179 e. The van der Waals surface area contributed by atoms with Crippen molar-refractivity contribution in [2.75, 3.05) is 27.2 Å². The molecule has 0 aliphatic carbocycles. The van der Waals surface area contributed by atoms with Gasteiger partial charge in [-0.05, 0) is 38.9 Å². The van der Waals surface area contributed by atoms with Crippen LogP contribution in [0.3, 0.4) is 0 Å². The van der Waals surface area contributed by atoms with Crippen LogP contribution in [0.5, 0.6) is 11.5 Å². The minimum absolute atomic E-state index is 0. The number of nitrogens with zero attached hydrogens (tertiary/aromatic N) is 1. The van der Waals surface area contributed by atoms with Gasteiger partial charge in [0.05, 0.1) is 12.1 Å². The third-order valence-corrected chi connectivity index (χ3v) is 3.87. The highest BCUT2D eigenvalue weighted by Gasteiger charge is 2.19. The first-order chi connectivity index (χ1) is 9.10. The van der Waals surface area contributed by atoms with Crippen molar-refractivity contribution in [1.82, 2.24) is 4.90 Å². The van der Waals surface area contributed by atoms with E-state index < -0.39 is 0 Å². The lowest BCUT2D eigenvalue weighted by Gasteiger charge is -2.20. The summed E-state index contributed by atoms with van der Waals surface area (Å²) in [5, 5.41) is 1.04. The van der Waals surface area contributed by atoms with Crippen molar-refractivity contribution >= 4 is 35.6 Å². The van der Waals surface area contributed by atoms with Crippen LogP contribution in [0.1, 0.15) is 19.3 Å². The molecule has 0 aromatic heterocycles. The van der Waals surface area contributed by atoms with Crippen LogP contribution in [-0.4, -0.2) is 38.3 Å². The van der Waals surface area contributed by atoms with Crippen LogP contribution in [0.15, 0.2) is 12.1 Å². The SMILES string of the molecule is COc1c(Cl)cc(Cl)cc1OC1CCCN(C)CC1.Cl. The van der Waals surface area contributed by atoms with Crippen LogP contribution in [0, 0.1) is 0 Å². The molecular weight excluding hydrogens is 321 g/mol. The third kappa shape index (κ3) is 4.59. The van der Waals surface area contributed by atoms with E-state index in [2.05, 4.69) is 11.9 Å². The topological polar surface area (TPSA) is 21.7 Å². The quantitative estimate of drug-likeness (QED) is 0.819. The summed E-state index contributed by atoms with van der Waals surface area (Å²) in [4.78, 5) is 2.32. The minimum Gasteiger partial charge on any atom is -0.491 e. The molecule has 114 valence electrons. The number of halogens is 3. The highest BCUT2D eigenvalue weighted by atomic mass is 35.5. The maximum atomic E-state index is 6.11. The largest absolute Gasteiger partial charge is 0.491 e. The molecule has 0 N–H and O–H groups in total. The zero-order valence-corrected chi connectivity index (χ0v) is 14.0. The molecule has 0 spiro atoms. The number of ether oxygens (including phenoxy) is 2. The van der Waals surface area contributed by atoms with Gasteiger partial charge in [0.2, 0.25) is 0 Å². The first-order valence-electron chi connectivity index (χ1n) is 6.48. The molecule has 3 nitrogen and oxygen atoms in total. The third-order valence-electron chi connectivity index (χ3n) is 3.37. The molecule has 1 aromatic rings. The van der Waals surface area contributed by atoms with E-state index in [-0.39, 0.29) is 18.5 Å². The van der Waals surface area contributed by atoms with Crippen LogP contribution in [0.25, 0.3) is 0 Å². The Bertz CT molecular complexity index is 443. The molecule has 1 unspecified atom stereocenters. The summed E-state index contributed by atoms with van der Waals surface area (Å²) in [6.07, 6.45) is 3.37. The summed E-state index contributed by atoms with van der Waals surface area (Å²) in [6, 6.07) is 3.43. The molecule has 1 fully saturated rings. The summed E-state index contributed by atoms with van der Waals surface area (Å²) >= 11 is 12.1. The zero-order valence-electron chi connectivity index (χ0n) is 11.7. The van der Waals surface area contributed by atoms with Gasteiger partial charge in [-0.25, -0.2) is 0 Å². The molecule has 0 radical (unpaired) electrons. The van der Waals surface area contributed by atoms with Crippen LogP contribution < -0.4 is 9.47 Å². The number of hydrogen-bond donors (Lipinski definition) is 0. The van der Waals surface area contributed by atoms with Crippen molar-refractivity contribution in [1.29, 1.82) is 0 Å². The summed E-state index contributed by atoms with van der Waals surface area (Å²) in [7, 11) is 3.72. The normalized spacial score (nSPS) is 19.9. The van der Waals surface area contributed by atoms with Gasteiger partial charge in [-0.1, -0.05) is 23.2 Å². The van der Waals surface area contributed by atoms with Gasteiger partial charge in [0.15, 0.2) is 11.5 Å². The average molecular weight is 341 g/mol. The predicted molar refractivity (Wildman–Crippen MR) is 86.0 cm³/mol. The lowest BCUT2D eigenvalue weighted by atomic mass is 10.1. The molecule has 20 heavy (non-hydrogen) atoms. The molecule has 1 saturated heterocycles. The Labute approximate surface area is 136 Å². The highest BCUT2D eigenvalue weighted by molar-refractivity contribution is 6.35. The molecule has 0 bridgehead atoms. The van der Waals surface area contributed by atoms with E-state index in [9.17, 15) is 0 Å². The Morgan fingerprint density at radius 2 is 1.95 bits per heavy atom. The molecule has 1 aliphatic heterocycles. The summed E-state index contributed by atoms with van der Waals surface area (Å²) in [6.45, 7) is 2.16. The van der Waals surface area contributed by atoms with Crippen LogP contribution in [-0.2, 0) is 0 Å². The number of rotatable bonds is 3. The average Bonchev–Trinajstić information content (AvgIpc) is 2.54. The second-order valence-electron chi connectivity index (χ2n) is 4.89. The van der Waals surface area contributed by atoms with E-state index in [4.69, 9.17) is 32.7 Å². The minimum atomic E-state index is 0. The molecule has 1 aromatic carbocycles. The van der Waals surface area contributed by atoms with Gasteiger partial charge >= 0.3 is 0 Å². The Morgan fingerprint density at radius 1 is 1.20 bits per heavy atom. The Kier molecular flexibility index (Phi) is 7.24. The Balaban J connectivity index is 0.00000200. The van der Waals surface area contributed by atoms with Crippen molar-refractivity contribution in [3.8, 4) is 11.5 Å². The molecule has 0 amide bonds. The fourth-order valence-electron chi connectivity index (χ4n) is 2.33. The van der Waals surface area contributed by atoms with Crippen molar-refractivity contribution in [2.45, 2.75) is 25.4 Å². The van der Waals surface area contributed by atoms with Crippen LogP contribution in [0.4, 0.5) is 0 Å². The predicted octanol–water partition coefficient (Wildman–Crippen LogP) is 4.29. The van der Waals surface area contributed by atoms with Crippen molar-refractivity contribution < 1.29 is 9.47 Å². The molecular formula is C14H20Cl3NO2. The van der Waals surface area contributed by atoms with E-state index >= 15 is 0 Å². The second kappa shape index (κ2) is 8.18. The van der Waals surface area contributed by atoms with Crippen LogP contribution in [0.2, 0.25) is 10.0 Å². The van der Waals surface area contributed by atoms with Crippen molar-refractivity contribution in [2.24, 2.45) is 0 Å². The molecule has 1 atom stereocenters. The standard InChI is InChI=1S/C14H19Cl2NO2.ClH/c1-17-6-3-4-11(5-7-17)19-13-9-10(15)8-12(16)14(13)18-2;/h8-9,11H,3-7H2,1-2H3;1H. The van der Waals surface area contributed by atoms with Gasteiger partial charge in [-0.2, -0.15) is 0 Å². The molecule has 6 heteroatoms. The molecule has 0 saturated carbocycles. The van der Waals surface area contributed by atoms with Crippen molar-refractivity contribution in [3.05, 3.63) is 22.2 Å². The van der Waals surface area contributed by atoms with Crippen LogP contribution >= 0.6 is 35.6 Å². The lowest BCUT2D eigenvalue weighted by Crippen LogP contribution is -2.21. The van der Waals surface area contributed by atoms with Gasteiger partial charge in [0.25, 0.3) is 0 Å². The lowest BCUT2D eigenvalue weighted by molar-refractivity contribution is 0.176. The Morgan fingerprint density at radius 3 is 2.65 bits per heavy atom. The fraction of sp³-hybridized carbons (Fsp3) is 0.571. The molecule has 2 rings (SSSR count). The number of likely N-dealkylation sites (tertiary alicyclic amines) is 1. The number of benzene rings is 1. The van der Waals surface area contributed by atoms with Gasteiger partial charge in [-0.3, -0.25) is 0 Å². The van der Waals surface area contributed by atoms with E-state index in [1.54, 1.807) is 19.2 Å². The first kappa shape index (κ1) is 17.7.